The molecule has 0 radical (unpaired) electrons. The molecule has 1 rings (SSSR count). The molecule has 1 aromatic carbocycles. The molecule has 0 heterocycles. The molecule has 0 atom stereocenters. The van der Waals surface area contributed by atoms with Crippen LogP contribution in [0.4, 0.5) is 0 Å². The van der Waals surface area contributed by atoms with Gasteiger partial charge in [-0.15, -0.1) is 0 Å². The van der Waals surface area contributed by atoms with Crippen molar-refractivity contribution in [3.63, 3.8) is 0 Å². The Balaban J connectivity index is 0.00000196. The predicted octanol–water partition coefficient (Wildman–Crippen LogP) is 5.03. The lowest BCUT2D eigenvalue weighted by atomic mass is 9.87. The van der Waals surface area contributed by atoms with Gasteiger partial charge in [-0.3, -0.25) is 0 Å². The van der Waals surface area contributed by atoms with Gasteiger partial charge in [0.1, 0.15) is 0 Å². The summed E-state index contributed by atoms with van der Waals surface area (Å²) >= 11 is 0. The Morgan fingerprint density at radius 3 is 1.80 bits per heavy atom. The molecule has 0 aromatic heterocycles. The molecule has 15 heavy (non-hydrogen) atoms. The van der Waals surface area contributed by atoms with E-state index < -0.39 is 0 Å². The van der Waals surface area contributed by atoms with Crippen molar-refractivity contribution in [1.82, 2.24) is 0 Å². The summed E-state index contributed by atoms with van der Waals surface area (Å²) in [7, 11) is 0. The van der Waals surface area contributed by atoms with Crippen LogP contribution < -0.4 is 0 Å². The van der Waals surface area contributed by atoms with Gasteiger partial charge in [0.25, 0.3) is 0 Å². The van der Waals surface area contributed by atoms with E-state index in [0.29, 0.717) is 11.3 Å². The second-order valence-electron chi connectivity index (χ2n) is 5.63. The highest BCUT2D eigenvalue weighted by Crippen LogP contribution is 2.22. The summed E-state index contributed by atoms with van der Waals surface area (Å²) in [5.74, 6) is 0.638. The molecule has 0 amide bonds. The minimum Gasteiger partial charge on any atom is -0.0776 e. The van der Waals surface area contributed by atoms with Gasteiger partial charge in [0.15, 0.2) is 0 Å². The van der Waals surface area contributed by atoms with Crippen LogP contribution >= 0.6 is 0 Å². The summed E-state index contributed by atoms with van der Waals surface area (Å²) in [5, 5.41) is 0. The van der Waals surface area contributed by atoms with Gasteiger partial charge in [0.05, 0.1) is 0 Å². The maximum absolute atomic E-state index is 2.28. The molecule has 0 aliphatic heterocycles. The zero-order chi connectivity index (χ0) is 10.8. The number of hydrogen-bond acceptors (Lipinski definition) is 0. The minimum atomic E-state index is 0. The van der Waals surface area contributed by atoms with Gasteiger partial charge >= 0.3 is 0 Å². The van der Waals surface area contributed by atoms with E-state index in [1.807, 2.05) is 0 Å². The summed E-state index contributed by atoms with van der Waals surface area (Å²) < 4.78 is 0. The van der Waals surface area contributed by atoms with E-state index in [4.69, 9.17) is 0 Å². The third-order valence-corrected chi connectivity index (χ3v) is 2.38. The fraction of sp³-hybridized carbons (Fsp3) is 0.600. The van der Waals surface area contributed by atoms with Crippen LogP contribution in [-0.4, -0.2) is 0 Å². The van der Waals surface area contributed by atoms with Crippen LogP contribution in [0.1, 0.15) is 59.1 Å². The smallest absolute Gasteiger partial charge is 0.0219 e. The predicted molar refractivity (Wildman–Crippen MR) is 70.4 cm³/mol. The normalized spacial score (nSPS) is 11.3. The van der Waals surface area contributed by atoms with Crippen LogP contribution in [0.5, 0.6) is 0 Å². The Bertz CT molecular complexity index is 272. The SMILES string of the molecule is C.CC(C)c1ccc(CC(C)(C)C)cc1. The van der Waals surface area contributed by atoms with Gasteiger partial charge in [-0.25, -0.2) is 0 Å². The first-order valence-electron chi connectivity index (χ1n) is 5.47. The van der Waals surface area contributed by atoms with E-state index in [1.54, 1.807) is 0 Å². The van der Waals surface area contributed by atoms with Crippen LogP contribution in [-0.2, 0) is 6.42 Å². The third-order valence-electron chi connectivity index (χ3n) is 2.38. The van der Waals surface area contributed by atoms with Gasteiger partial charge in [-0.05, 0) is 28.9 Å². The maximum atomic E-state index is 2.28. The summed E-state index contributed by atoms with van der Waals surface area (Å²) in [6.07, 6.45) is 1.16. The second-order valence-corrected chi connectivity index (χ2v) is 5.63. The van der Waals surface area contributed by atoms with E-state index >= 15 is 0 Å². The lowest BCUT2D eigenvalue weighted by Gasteiger charge is -2.18. The van der Waals surface area contributed by atoms with E-state index in [0.717, 1.165) is 6.42 Å². The van der Waals surface area contributed by atoms with Crippen LogP contribution in [0.3, 0.4) is 0 Å². The topological polar surface area (TPSA) is 0 Å². The second kappa shape index (κ2) is 5.34. The average Bonchev–Trinajstić information content (AvgIpc) is 2.02. The number of benzene rings is 1. The van der Waals surface area contributed by atoms with Gasteiger partial charge in [-0.1, -0.05) is 66.3 Å². The first kappa shape index (κ1) is 14.2. The van der Waals surface area contributed by atoms with Crippen molar-refractivity contribution in [2.24, 2.45) is 5.41 Å². The molecule has 0 aliphatic rings. The summed E-state index contributed by atoms with van der Waals surface area (Å²) in [4.78, 5) is 0. The minimum absolute atomic E-state index is 0. The summed E-state index contributed by atoms with van der Waals surface area (Å²) in [6.45, 7) is 11.3. The van der Waals surface area contributed by atoms with Gasteiger partial charge in [0.2, 0.25) is 0 Å². The Morgan fingerprint density at radius 1 is 1.00 bits per heavy atom. The standard InChI is InChI=1S/C14H22.CH4/c1-11(2)13-8-6-12(7-9-13)10-14(3,4)5;/h6-9,11H,10H2,1-5H3;1H4. The van der Waals surface area contributed by atoms with Crippen LogP contribution in [0.2, 0.25) is 0 Å². The lowest BCUT2D eigenvalue weighted by Crippen LogP contribution is -2.08. The van der Waals surface area contributed by atoms with Crippen LogP contribution in [0, 0.1) is 5.41 Å². The summed E-state index contributed by atoms with van der Waals surface area (Å²) in [5.41, 5.74) is 3.27. The molecule has 1 aromatic rings. The molecular formula is C15H26. The zero-order valence-electron chi connectivity index (χ0n) is 10.1. The van der Waals surface area contributed by atoms with Crippen molar-refractivity contribution in [2.45, 2.75) is 54.4 Å². The maximum Gasteiger partial charge on any atom is -0.0219 e. The molecule has 0 aliphatic carbocycles. The monoisotopic (exact) mass is 206 g/mol. The Morgan fingerprint density at radius 2 is 1.47 bits per heavy atom. The van der Waals surface area contributed by atoms with E-state index in [1.165, 1.54) is 11.1 Å². The molecule has 0 unspecified atom stereocenters. The fourth-order valence-electron chi connectivity index (χ4n) is 1.63. The van der Waals surface area contributed by atoms with Crippen molar-refractivity contribution < 1.29 is 0 Å². The molecule has 0 spiro atoms. The highest BCUT2D eigenvalue weighted by molar-refractivity contribution is 5.25. The zero-order valence-corrected chi connectivity index (χ0v) is 10.1. The largest absolute Gasteiger partial charge is 0.0776 e. The Kier molecular flexibility index (Phi) is 5.07. The van der Waals surface area contributed by atoms with Crippen molar-refractivity contribution in [2.75, 3.05) is 0 Å². The molecular weight excluding hydrogens is 180 g/mol. The average molecular weight is 206 g/mol. The first-order chi connectivity index (χ1) is 6.38. The highest BCUT2D eigenvalue weighted by atomic mass is 14.2. The summed E-state index contributed by atoms with van der Waals surface area (Å²) in [6, 6.07) is 9.04. The number of rotatable bonds is 2. The molecule has 0 heteroatoms. The quantitative estimate of drug-likeness (QED) is 0.636. The molecule has 0 saturated carbocycles. The van der Waals surface area contributed by atoms with Crippen LogP contribution in [0.15, 0.2) is 24.3 Å². The van der Waals surface area contributed by atoms with Crippen molar-refractivity contribution in [3.05, 3.63) is 35.4 Å². The molecule has 0 nitrogen and oxygen atoms in total. The van der Waals surface area contributed by atoms with E-state index in [2.05, 4.69) is 58.9 Å². The van der Waals surface area contributed by atoms with E-state index in [-0.39, 0.29) is 7.43 Å². The van der Waals surface area contributed by atoms with Crippen molar-refractivity contribution in [3.8, 4) is 0 Å². The van der Waals surface area contributed by atoms with Crippen molar-refractivity contribution >= 4 is 0 Å². The van der Waals surface area contributed by atoms with E-state index in [9.17, 15) is 0 Å². The van der Waals surface area contributed by atoms with Gasteiger partial charge in [0, 0.05) is 0 Å². The lowest BCUT2D eigenvalue weighted by molar-refractivity contribution is 0.411. The van der Waals surface area contributed by atoms with Crippen LogP contribution in [0.25, 0.3) is 0 Å². The molecule has 86 valence electrons. The number of hydrogen-bond donors (Lipinski definition) is 0. The van der Waals surface area contributed by atoms with Crippen molar-refractivity contribution in [1.29, 1.82) is 0 Å². The molecule has 0 N–H and O–H groups in total. The Labute approximate surface area is 95.7 Å². The molecule has 0 saturated heterocycles. The highest BCUT2D eigenvalue weighted by Gasteiger charge is 2.10. The fourth-order valence-corrected chi connectivity index (χ4v) is 1.63. The Hall–Kier alpha value is -0.780. The first-order valence-corrected chi connectivity index (χ1v) is 5.47. The molecule has 0 bridgehead atoms. The van der Waals surface area contributed by atoms with Gasteiger partial charge < -0.3 is 0 Å². The third kappa shape index (κ3) is 5.01. The van der Waals surface area contributed by atoms with Gasteiger partial charge in [-0.2, -0.15) is 0 Å². The molecule has 0 fully saturated rings.